The molecule has 0 aliphatic heterocycles. The zero-order valence-electron chi connectivity index (χ0n) is 11.7. The third-order valence-electron chi connectivity index (χ3n) is 2.78. The summed E-state index contributed by atoms with van der Waals surface area (Å²) in [5.74, 6) is -1.09. The van der Waals surface area contributed by atoms with Crippen LogP contribution in [-0.4, -0.2) is 18.9 Å². The highest BCUT2D eigenvalue weighted by atomic mass is 35.5. The lowest BCUT2D eigenvalue weighted by molar-refractivity contribution is -0.132. The average Bonchev–Trinajstić information content (AvgIpc) is 2.50. The normalized spacial score (nSPS) is 9.91. The van der Waals surface area contributed by atoms with E-state index in [0.717, 1.165) is 0 Å². The van der Waals surface area contributed by atoms with Gasteiger partial charge in [0.1, 0.15) is 5.75 Å². The van der Waals surface area contributed by atoms with E-state index in [-0.39, 0.29) is 5.02 Å². The van der Waals surface area contributed by atoms with Gasteiger partial charge in [0.25, 0.3) is 0 Å². The Hall–Kier alpha value is -2.73. The van der Waals surface area contributed by atoms with Crippen LogP contribution in [0.4, 0.5) is 17.1 Å². The molecule has 6 nitrogen and oxygen atoms in total. The second-order valence-electron chi connectivity index (χ2n) is 4.38. The molecule has 0 aliphatic rings. The number of hydrogen-bond donors (Lipinski definition) is 3. The average molecular weight is 320 g/mol. The van der Waals surface area contributed by atoms with E-state index in [1.807, 2.05) is 0 Å². The van der Waals surface area contributed by atoms with Crippen LogP contribution in [0, 0.1) is 0 Å². The number of methoxy groups -OCH3 is 1. The van der Waals surface area contributed by atoms with Crippen LogP contribution < -0.4 is 21.1 Å². The van der Waals surface area contributed by atoms with E-state index in [2.05, 4.69) is 10.6 Å². The fourth-order valence-electron chi connectivity index (χ4n) is 1.70. The minimum Gasteiger partial charge on any atom is -0.497 e. The van der Waals surface area contributed by atoms with Gasteiger partial charge in [-0.25, -0.2) is 0 Å². The van der Waals surface area contributed by atoms with Gasteiger partial charge in [0.2, 0.25) is 0 Å². The molecule has 0 saturated carbocycles. The van der Waals surface area contributed by atoms with Crippen LogP contribution in [0.3, 0.4) is 0 Å². The maximum absolute atomic E-state index is 11.9. The molecule has 7 heteroatoms. The Bertz CT molecular complexity index is 719. The van der Waals surface area contributed by atoms with E-state index in [1.165, 1.54) is 19.2 Å². The summed E-state index contributed by atoms with van der Waals surface area (Å²) in [5.41, 5.74) is 6.78. The molecule has 2 aromatic rings. The van der Waals surface area contributed by atoms with Crippen LogP contribution in [0.5, 0.6) is 5.75 Å². The minimum atomic E-state index is -0.838. The molecule has 0 fully saturated rings. The van der Waals surface area contributed by atoms with E-state index in [1.54, 1.807) is 30.3 Å². The highest BCUT2D eigenvalue weighted by Crippen LogP contribution is 2.24. The van der Waals surface area contributed by atoms with Crippen molar-refractivity contribution >= 4 is 40.5 Å². The summed E-state index contributed by atoms with van der Waals surface area (Å²) in [5, 5.41) is 5.14. The first-order valence-electron chi connectivity index (χ1n) is 6.31. The molecule has 0 spiro atoms. The molecule has 4 N–H and O–H groups in total. The number of ether oxygens (including phenoxy) is 1. The van der Waals surface area contributed by atoms with Crippen molar-refractivity contribution in [2.75, 3.05) is 23.5 Å². The Labute approximate surface area is 132 Å². The summed E-state index contributed by atoms with van der Waals surface area (Å²) in [6.07, 6.45) is 0. The second kappa shape index (κ2) is 6.82. The topological polar surface area (TPSA) is 93.4 Å². The number of nitrogens with two attached hydrogens (primary N) is 1. The Morgan fingerprint density at radius 1 is 1.09 bits per heavy atom. The van der Waals surface area contributed by atoms with Crippen LogP contribution in [0.25, 0.3) is 0 Å². The van der Waals surface area contributed by atoms with Crippen molar-refractivity contribution in [1.29, 1.82) is 0 Å². The van der Waals surface area contributed by atoms with Crippen molar-refractivity contribution in [3.05, 3.63) is 47.5 Å². The Morgan fingerprint density at radius 3 is 2.50 bits per heavy atom. The zero-order chi connectivity index (χ0) is 16.1. The van der Waals surface area contributed by atoms with E-state index < -0.39 is 11.8 Å². The third kappa shape index (κ3) is 3.89. The number of nitrogens with one attached hydrogen (secondary N) is 2. The van der Waals surface area contributed by atoms with Crippen LogP contribution in [0.1, 0.15) is 0 Å². The molecule has 2 aromatic carbocycles. The number of halogens is 1. The maximum Gasteiger partial charge on any atom is 0.314 e. The van der Waals surface area contributed by atoms with Crippen molar-refractivity contribution in [3.8, 4) is 5.75 Å². The van der Waals surface area contributed by atoms with Crippen LogP contribution in [0.15, 0.2) is 42.5 Å². The maximum atomic E-state index is 11.9. The summed E-state index contributed by atoms with van der Waals surface area (Å²) in [4.78, 5) is 23.7. The van der Waals surface area contributed by atoms with Gasteiger partial charge < -0.3 is 21.1 Å². The summed E-state index contributed by atoms with van der Waals surface area (Å²) < 4.78 is 5.04. The molecular weight excluding hydrogens is 306 g/mol. The first kappa shape index (κ1) is 15.7. The van der Waals surface area contributed by atoms with Crippen molar-refractivity contribution in [2.24, 2.45) is 0 Å². The largest absolute Gasteiger partial charge is 0.497 e. The Morgan fingerprint density at radius 2 is 1.82 bits per heavy atom. The summed E-state index contributed by atoms with van der Waals surface area (Å²) in [7, 11) is 1.51. The Balaban J connectivity index is 2.04. The standard InChI is InChI=1S/C15H14ClN3O3/c1-22-11-4-2-3-10(8-11)18-14(20)15(21)19-13-6-5-9(17)7-12(13)16/h2-8H,17H2,1H3,(H,18,20)(H,19,21). The molecule has 0 saturated heterocycles. The quantitative estimate of drug-likeness (QED) is 0.598. The molecule has 22 heavy (non-hydrogen) atoms. The van der Waals surface area contributed by atoms with E-state index in [0.29, 0.717) is 22.8 Å². The van der Waals surface area contributed by atoms with Gasteiger partial charge in [0, 0.05) is 17.4 Å². The third-order valence-corrected chi connectivity index (χ3v) is 3.09. The van der Waals surface area contributed by atoms with Gasteiger partial charge in [0.15, 0.2) is 0 Å². The molecular formula is C15H14ClN3O3. The monoisotopic (exact) mass is 319 g/mol. The number of amides is 2. The Kier molecular flexibility index (Phi) is 4.85. The van der Waals surface area contributed by atoms with Crippen molar-refractivity contribution in [2.45, 2.75) is 0 Å². The minimum absolute atomic E-state index is 0.252. The zero-order valence-corrected chi connectivity index (χ0v) is 12.5. The van der Waals surface area contributed by atoms with Gasteiger partial charge in [-0.2, -0.15) is 0 Å². The van der Waals surface area contributed by atoms with Crippen LogP contribution in [-0.2, 0) is 9.59 Å². The molecule has 0 aromatic heterocycles. The van der Waals surface area contributed by atoms with Gasteiger partial charge in [0.05, 0.1) is 17.8 Å². The van der Waals surface area contributed by atoms with Gasteiger partial charge in [-0.05, 0) is 30.3 Å². The van der Waals surface area contributed by atoms with E-state index in [4.69, 9.17) is 22.1 Å². The molecule has 2 amide bonds. The molecule has 0 aliphatic carbocycles. The van der Waals surface area contributed by atoms with Crippen molar-refractivity contribution in [1.82, 2.24) is 0 Å². The number of anilines is 3. The lowest BCUT2D eigenvalue weighted by Crippen LogP contribution is -2.29. The lowest BCUT2D eigenvalue weighted by atomic mass is 10.2. The molecule has 0 atom stereocenters. The van der Waals surface area contributed by atoms with Crippen molar-refractivity contribution < 1.29 is 14.3 Å². The number of nitrogen functional groups attached to an aromatic ring is 1. The first-order valence-corrected chi connectivity index (χ1v) is 6.69. The van der Waals surface area contributed by atoms with Crippen LogP contribution >= 0.6 is 11.6 Å². The lowest BCUT2D eigenvalue weighted by Gasteiger charge is -2.09. The number of carbonyl (C=O) groups excluding carboxylic acids is 2. The highest BCUT2D eigenvalue weighted by Gasteiger charge is 2.15. The predicted octanol–water partition coefficient (Wildman–Crippen LogP) is 2.51. The van der Waals surface area contributed by atoms with E-state index in [9.17, 15) is 9.59 Å². The molecule has 0 heterocycles. The summed E-state index contributed by atoms with van der Waals surface area (Å²) in [6.45, 7) is 0. The van der Waals surface area contributed by atoms with E-state index >= 15 is 0 Å². The smallest absolute Gasteiger partial charge is 0.314 e. The molecule has 0 radical (unpaired) electrons. The van der Waals surface area contributed by atoms with Gasteiger partial charge in [-0.15, -0.1) is 0 Å². The molecule has 0 unspecified atom stereocenters. The highest BCUT2D eigenvalue weighted by molar-refractivity contribution is 6.44. The SMILES string of the molecule is COc1cccc(NC(=O)C(=O)Nc2ccc(N)cc2Cl)c1. The van der Waals surface area contributed by atoms with Gasteiger partial charge >= 0.3 is 11.8 Å². The molecule has 0 bridgehead atoms. The molecule has 114 valence electrons. The summed E-state index contributed by atoms with van der Waals surface area (Å²) >= 11 is 5.94. The van der Waals surface area contributed by atoms with Gasteiger partial charge in [-0.3, -0.25) is 9.59 Å². The predicted molar refractivity (Wildman–Crippen MR) is 86.1 cm³/mol. The number of benzene rings is 2. The first-order chi connectivity index (χ1) is 10.5. The van der Waals surface area contributed by atoms with Crippen LogP contribution in [0.2, 0.25) is 5.02 Å². The number of carbonyl (C=O) groups is 2. The van der Waals surface area contributed by atoms with Crippen molar-refractivity contribution in [3.63, 3.8) is 0 Å². The fraction of sp³-hybridized carbons (Fsp3) is 0.0667. The van der Waals surface area contributed by atoms with Gasteiger partial charge in [-0.1, -0.05) is 17.7 Å². The summed E-state index contributed by atoms with van der Waals surface area (Å²) in [6, 6.07) is 11.2. The fourth-order valence-corrected chi connectivity index (χ4v) is 1.94. The second-order valence-corrected chi connectivity index (χ2v) is 4.79. The molecule has 2 rings (SSSR count). The number of hydrogen-bond acceptors (Lipinski definition) is 4. The number of rotatable bonds is 3.